The summed E-state index contributed by atoms with van der Waals surface area (Å²) in [5.41, 5.74) is 0. The first-order valence-electron chi connectivity index (χ1n) is 3.83. The number of carbonyl (C=O) groups excluding carboxylic acids is 1. The third-order valence-electron chi connectivity index (χ3n) is 1.36. The van der Waals surface area contributed by atoms with Crippen molar-refractivity contribution >= 4 is 11.9 Å². The number of rotatable bonds is 4. The predicted molar refractivity (Wildman–Crippen MR) is 46.1 cm³/mol. The Bertz CT molecular complexity index is 222. The summed E-state index contributed by atoms with van der Waals surface area (Å²) in [6.45, 7) is 2.94. The number of nitrogens with one attached hydrogen (secondary N) is 1. The van der Waals surface area contributed by atoms with Crippen LogP contribution in [0.2, 0.25) is 0 Å². The molecule has 0 fully saturated rings. The second kappa shape index (κ2) is 5.31. The smallest absolute Gasteiger partial charge is 0.328 e. The van der Waals surface area contributed by atoms with Gasteiger partial charge in [0.15, 0.2) is 6.04 Å². The van der Waals surface area contributed by atoms with Gasteiger partial charge in [0.1, 0.15) is 0 Å². The van der Waals surface area contributed by atoms with Crippen molar-refractivity contribution in [3.05, 3.63) is 12.2 Å². The lowest BCUT2D eigenvalue weighted by Gasteiger charge is -2.15. The van der Waals surface area contributed by atoms with E-state index in [4.69, 9.17) is 10.2 Å². The number of hydrogen-bond donors (Lipinski definition) is 3. The van der Waals surface area contributed by atoms with E-state index >= 15 is 0 Å². The molecule has 5 nitrogen and oxygen atoms in total. The zero-order valence-electron chi connectivity index (χ0n) is 7.52. The average molecular weight is 187 g/mol. The minimum Gasteiger partial charge on any atom is -0.480 e. The second-order valence-electron chi connectivity index (χ2n) is 2.57. The van der Waals surface area contributed by atoms with E-state index < -0.39 is 24.0 Å². The molecule has 74 valence electrons. The first-order chi connectivity index (χ1) is 5.99. The van der Waals surface area contributed by atoms with Crippen molar-refractivity contribution < 1.29 is 19.8 Å². The van der Waals surface area contributed by atoms with Crippen molar-refractivity contribution in [2.75, 3.05) is 0 Å². The number of allylic oxidation sites excluding steroid dienone is 1. The molecule has 0 unspecified atom stereocenters. The highest BCUT2D eigenvalue weighted by molar-refractivity contribution is 5.91. The van der Waals surface area contributed by atoms with Crippen LogP contribution < -0.4 is 5.32 Å². The number of carboxylic acid groups (broad SMARTS) is 1. The van der Waals surface area contributed by atoms with E-state index in [1.54, 1.807) is 6.92 Å². The third-order valence-corrected chi connectivity index (χ3v) is 1.36. The summed E-state index contributed by atoms with van der Waals surface area (Å²) in [7, 11) is 0. The molecule has 0 aromatic rings. The van der Waals surface area contributed by atoms with Crippen LogP contribution in [0.5, 0.6) is 0 Å². The van der Waals surface area contributed by atoms with Crippen LogP contribution in [0.4, 0.5) is 0 Å². The van der Waals surface area contributed by atoms with E-state index in [2.05, 4.69) is 5.32 Å². The fraction of sp³-hybridized carbons (Fsp3) is 0.500. The number of carboxylic acids is 1. The summed E-state index contributed by atoms with van der Waals surface area (Å²) >= 11 is 0. The summed E-state index contributed by atoms with van der Waals surface area (Å²) < 4.78 is 0. The zero-order chi connectivity index (χ0) is 10.4. The quantitative estimate of drug-likeness (QED) is 0.518. The topological polar surface area (TPSA) is 86.6 Å². The minimum absolute atomic E-state index is 0.532. The normalized spacial score (nSPS) is 15.3. The van der Waals surface area contributed by atoms with Crippen LogP contribution in [-0.4, -0.2) is 34.2 Å². The first-order valence-corrected chi connectivity index (χ1v) is 3.83. The fourth-order valence-corrected chi connectivity index (χ4v) is 0.741. The molecule has 0 bridgehead atoms. The summed E-state index contributed by atoms with van der Waals surface area (Å²) in [5.74, 6) is -1.79. The van der Waals surface area contributed by atoms with Gasteiger partial charge in [0, 0.05) is 0 Å². The molecule has 0 saturated carbocycles. The van der Waals surface area contributed by atoms with Gasteiger partial charge in [0.2, 0.25) is 5.91 Å². The maximum atomic E-state index is 10.9. The molecule has 0 aromatic carbocycles. The van der Waals surface area contributed by atoms with Crippen LogP contribution in [-0.2, 0) is 9.59 Å². The maximum Gasteiger partial charge on any atom is 0.328 e. The Labute approximate surface area is 76.1 Å². The highest BCUT2D eigenvalue weighted by Crippen LogP contribution is 1.92. The summed E-state index contributed by atoms with van der Waals surface area (Å²) in [4.78, 5) is 21.4. The van der Waals surface area contributed by atoms with Gasteiger partial charge in [-0.2, -0.15) is 0 Å². The van der Waals surface area contributed by atoms with Gasteiger partial charge >= 0.3 is 5.97 Å². The van der Waals surface area contributed by atoms with E-state index in [9.17, 15) is 9.59 Å². The Kier molecular flexibility index (Phi) is 4.76. The molecule has 0 heterocycles. The Hall–Kier alpha value is -1.36. The fourth-order valence-electron chi connectivity index (χ4n) is 0.741. The van der Waals surface area contributed by atoms with E-state index in [0.717, 1.165) is 0 Å². The molecule has 0 radical (unpaired) electrons. The van der Waals surface area contributed by atoms with Crippen molar-refractivity contribution in [3.8, 4) is 0 Å². The molecule has 0 spiro atoms. The van der Waals surface area contributed by atoms with Crippen molar-refractivity contribution in [3.63, 3.8) is 0 Å². The lowest BCUT2D eigenvalue weighted by molar-refractivity contribution is -0.144. The Morgan fingerprint density at radius 1 is 1.46 bits per heavy atom. The van der Waals surface area contributed by atoms with Crippen LogP contribution in [0.1, 0.15) is 13.8 Å². The monoisotopic (exact) mass is 187 g/mol. The minimum atomic E-state index is -1.26. The summed E-state index contributed by atoms with van der Waals surface area (Å²) in [6, 6.07) is -1.26. The van der Waals surface area contributed by atoms with E-state index in [-0.39, 0.29) is 0 Å². The highest BCUT2D eigenvalue weighted by Gasteiger charge is 2.23. The maximum absolute atomic E-state index is 10.9. The summed E-state index contributed by atoms with van der Waals surface area (Å²) in [5, 5.41) is 19.7. The lowest BCUT2D eigenvalue weighted by Crippen LogP contribution is -2.47. The summed E-state index contributed by atoms with van der Waals surface area (Å²) in [6.07, 6.45) is 1.56. The van der Waals surface area contributed by atoms with Gasteiger partial charge in [-0.15, -0.1) is 0 Å². The molecule has 2 atom stereocenters. The predicted octanol–water partition coefficient (Wildman–Crippen LogP) is -0.487. The van der Waals surface area contributed by atoms with Gasteiger partial charge in [-0.25, -0.2) is 4.79 Å². The van der Waals surface area contributed by atoms with Crippen molar-refractivity contribution in [1.29, 1.82) is 0 Å². The van der Waals surface area contributed by atoms with E-state index in [1.807, 2.05) is 0 Å². The van der Waals surface area contributed by atoms with Crippen LogP contribution in [0.15, 0.2) is 12.2 Å². The zero-order valence-corrected chi connectivity index (χ0v) is 7.52. The Morgan fingerprint density at radius 3 is 2.31 bits per heavy atom. The van der Waals surface area contributed by atoms with Crippen molar-refractivity contribution in [2.45, 2.75) is 26.0 Å². The van der Waals surface area contributed by atoms with Gasteiger partial charge in [-0.1, -0.05) is 6.08 Å². The highest BCUT2D eigenvalue weighted by atomic mass is 16.4. The molecule has 3 N–H and O–H groups in total. The van der Waals surface area contributed by atoms with E-state index in [1.165, 1.54) is 19.1 Å². The molecule has 5 heteroatoms. The molecule has 0 saturated heterocycles. The third kappa shape index (κ3) is 4.27. The second-order valence-corrected chi connectivity index (χ2v) is 2.57. The Balaban J connectivity index is 4.27. The molecule has 1 amide bonds. The standard InChI is InChI=1S/C8H13NO4/c1-3-4-6(11)9-7(5(2)10)8(12)13/h3-5,7,10H,1-2H3,(H,9,11)(H,12,13)/b4-3+/t5-,7+/m1/s1. The van der Waals surface area contributed by atoms with Crippen LogP contribution >= 0.6 is 0 Å². The molecular weight excluding hydrogens is 174 g/mol. The van der Waals surface area contributed by atoms with Crippen LogP contribution in [0.25, 0.3) is 0 Å². The SMILES string of the molecule is C/C=C/C(=O)N[C@H](C(=O)O)[C@@H](C)O. The van der Waals surface area contributed by atoms with Crippen molar-refractivity contribution in [1.82, 2.24) is 5.32 Å². The number of amides is 1. The number of carbonyl (C=O) groups is 2. The molecular formula is C8H13NO4. The number of aliphatic carboxylic acids is 1. The van der Waals surface area contributed by atoms with Crippen LogP contribution in [0.3, 0.4) is 0 Å². The number of aliphatic hydroxyl groups excluding tert-OH is 1. The van der Waals surface area contributed by atoms with Gasteiger partial charge < -0.3 is 15.5 Å². The van der Waals surface area contributed by atoms with Gasteiger partial charge in [0.05, 0.1) is 6.10 Å². The lowest BCUT2D eigenvalue weighted by atomic mass is 10.2. The molecule has 0 aliphatic carbocycles. The van der Waals surface area contributed by atoms with Gasteiger partial charge in [-0.05, 0) is 19.9 Å². The molecule has 0 rings (SSSR count). The molecule has 0 aromatic heterocycles. The van der Waals surface area contributed by atoms with Gasteiger partial charge in [0.25, 0.3) is 0 Å². The number of aliphatic hydroxyl groups is 1. The van der Waals surface area contributed by atoms with E-state index in [0.29, 0.717) is 0 Å². The van der Waals surface area contributed by atoms with Gasteiger partial charge in [-0.3, -0.25) is 4.79 Å². The molecule has 0 aliphatic heterocycles. The Morgan fingerprint density at radius 2 is 2.00 bits per heavy atom. The first kappa shape index (κ1) is 11.6. The number of hydrogen-bond acceptors (Lipinski definition) is 3. The largest absolute Gasteiger partial charge is 0.480 e. The molecule has 0 aliphatic rings. The van der Waals surface area contributed by atoms with Crippen molar-refractivity contribution in [2.24, 2.45) is 0 Å². The van der Waals surface area contributed by atoms with Crippen LogP contribution in [0, 0.1) is 0 Å². The average Bonchev–Trinajstić information content (AvgIpc) is 1.99. The molecule has 13 heavy (non-hydrogen) atoms.